The quantitative estimate of drug-likeness (QED) is 0.860. The summed E-state index contributed by atoms with van der Waals surface area (Å²) in [4.78, 5) is 0. The number of nitrogens with one attached hydrogen (secondary N) is 1. The molecule has 92 valence electrons. The van der Waals surface area contributed by atoms with E-state index in [-0.39, 0.29) is 0 Å². The van der Waals surface area contributed by atoms with Crippen LogP contribution in [0.15, 0.2) is 60.7 Å². The molecule has 18 heavy (non-hydrogen) atoms. The molecule has 1 nitrogen and oxygen atoms in total. The summed E-state index contributed by atoms with van der Waals surface area (Å²) in [7, 11) is 0. The van der Waals surface area contributed by atoms with Gasteiger partial charge < -0.3 is 5.32 Å². The van der Waals surface area contributed by atoms with Crippen molar-refractivity contribution >= 4 is 0 Å². The molecule has 1 heterocycles. The summed E-state index contributed by atoms with van der Waals surface area (Å²) in [5, 5.41) is 3.65. The van der Waals surface area contributed by atoms with Crippen molar-refractivity contribution in [1.82, 2.24) is 5.32 Å². The Morgan fingerprint density at radius 2 is 1.39 bits per heavy atom. The Morgan fingerprint density at radius 3 is 1.83 bits per heavy atom. The van der Waals surface area contributed by atoms with Gasteiger partial charge in [-0.3, -0.25) is 0 Å². The first kappa shape index (κ1) is 11.5. The number of benzene rings is 2. The first-order valence-electron chi connectivity index (χ1n) is 6.78. The molecule has 0 amide bonds. The van der Waals surface area contributed by atoms with Crippen LogP contribution in [0, 0.1) is 0 Å². The monoisotopic (exact) mass is 237 g/mol. The number of rotatable bonds is 3. The average Bonchev–Trinajstić information content (AvgIpc) is 2.95. The third-order valence-corrected chi connectivity index (χ3v) is 3.82. The van der Waals surface area contributed by atoms with Gasteiger partial charge in [0, 0.05) is 12.0 Å². The average molecular weight is 237 g/mol. The summed E-state index contributed by atoms with van der Waals surface area (Å²) in [6.07, 6.45) is 2.56. The highest BCUT2D eigenvalue weighted by molar-refractivity contribution is 5.34. The normalized spacial score (nSPS) is 19.3. The summed E-state index contributed by atoms with van der Waals surface area (Å²) in [6, 6.07) is 22.3. The minimum absolute atomic E-state index is 0.481. The molecule has 0 spiro atoms. The van der Waals surface area contributed by atoms with Gasteiger partial charge in [-0.15, -0.1) is 0 Å². The van der Waals surface area contributed by atoms with E-state index in [2.05, 4.69) is 66.0 Å². The fraction of sp³-hybridized carbons (Fsp3) is 0.294. The summed E-state index contributed by atoms with van der Waals surface area (Å²) in [6.45, 7) is 1.15. The summed E-state index contributed by atoms with van der Waals surface area (Å²) >= 11 is 0. The van der Waals surface area contributed by atoms with Crippen LogP contribution >= 0.6 is 0 Å². The van der Waals surface area contributed by atoms with Gasteiger partial charge in [-0.1, -0.05) is 60.7 Å². The van der Waals surface area contributed by atoms with Gasteiger partial charge in [-0.05, 0) is 30.5 Å². The van der Waals surface area contributed by atoms with E-state index in [4.69, 9.17) is 0 Å². The predicted octanol–water partition coefficient (Wildman–Crippen LogP) is 3.57. The molecule has 1 saturated heterocycles. The van der Waals surface area contributed by atoms with Crippen LogP contribution in [-0.4, -0.2) is 12.6 Å². The van der Waals surface area contributed by atoms with Gasteiger partial charge in [0.05, 0.1) is 0 Å². The minimum atomic E-state index is 0.481. The fourth-order valence-corrected chi connectivity index (χ4v) is 2.97. The highest BCUT2D eigenvalue weighted by Crippen LogP contribution is 2.31. The molecular weight excluding hydrogens is 218 g/mol. The van der Waals surface area contributed by atoms with Crippen LogP contribution in [0.4, 0.5) is 0 Å². The molecule has 0 bridgehead atoms. The first-order chi connectivity index (χ1) is 8.95. The van der Waals surface area contributed by atoms with E-state index in [0.717, 1.165) is 6.54 Å². The SMILES string of the molecule is c1ccc(C(c2ccccc2)C2CCCN2)cc1. The lowest BCUT2D eigenvalue weighted by Gasteiger charge is -2.25. The van der Waals surface area contributed by atoms with E-state index >= 15 is 0 Å². The molecule has 1 aliphatic heterocycles. The van der Waals surface area contributed by atoms with Crippen LogP contribution in [0.3, 0.4) is 0 Å². The van der Waals surface area contributed by atoms with Gasteiger partial charge in [0.2, 0.25) is 0 Å². The van der Waals surface area contributed by atoms with Gasteiger partial charge in [0.25, 0.3) is 0 Å². The molecule has 0 radical (unpaired) electrons. The molecule has 2 aromatic carbocycles. The second-order valence-electron chi connectivity index (χ2n) is 5.00. The van der Waals surface area contributed by atoms with Crippen molar-refractivity contribution in [3.63, 3.8) is 0 Å². The largest absolute Gasteiger partial charge is 0.313 e. The molecule has 1 atom stereocenters. The van der Waals surface area contributed by atoms with Crippen molar-refractivity contribution in [3.05, 3.63) is 71.8 Å². The number of hydrogen-bond donors (Lipinski definition) is 1. The first-order valence-corrected chi connectivity index (χ1v) is 6.78. The van der Waals surface area contributed by atoms with Gasteiger partial charge in [0.15, 0.2) is 0 Å². The van der Waals surface area contributed by atoms with Crippen LogP contribution in [0.2, 0.25) is 0 Å². The lowest BCUT2D eigenvalue weighted by molar-refractivity contribution is 0.540. The van der Waals surface area contributed by atoms with E-state index in [9.17, 15) is 0 Å². The molecule has 1 fully saturated rings. The van der Waals surface area contributed by atoms with Gasteiger partial charge in [-0.25, -0.2) is 0 Å². The van der Waals surface area contributed by atoms with E-state index in [1.807, 2.05) is 0 Å². The van der Waals surface area contributed by atoms with Crippen molar-refractivity contribution < 1.29 is 0 Å². The molecule has 3 rings (SSSR count). The summed E-state index contributed by atoms with van der Waals surface area (Å²) in [5.74, 6) is 0.481. The maximum atomic E-state index is 3.65. The zero-order chi connectivity index (χ0) is 12.2. The maximum Gasteiger partial charge on any atom is 0.0243 e. The van der Waals surface area contributed by atoms with Crippen LogP contribution in [0.5, 0.6) is 0 Å². The van der Waals surface area contributed by atoms with E-state index in [0.29, 0.717) is 12.0 Å². The van der Waals surface area contributed by atoms with Crippen molar-refractivity contribution in [3.8, 4) is 0 Å². The van der Waals surface area contributed by atoms with Gasteiger partial charge in [-0.2, -0.15) is 0 Å². The van der Waals surface area contributed by atoms with E-state index in [1.165, 1.54) is 24.0 Å². The summed E-state index contributed by atoms with van der Waals surface area (Å²) < 4.78 is 0. The molecular formula is C17H19N. The second-order valence-corrected chi connectivity index (χ2v) is 5.00. The van der Waals surface area contributed by atoms with Crippen molar-refractivity contribution in [2.24, 2.45) is 0 Å². The van der Waals surface area contributed by atoms with Crippen LogP contribution in [0.1, 0.15) is 29.9 Å². The fourth-order valence-electron chi connectivity index (χ4n) is 2.97. The zero-order valence-electron chi connectivity index (χ0n) is 10.5. The zero-order valence-corrected chi connectivity index (χ0v) is 10.5. The molecule has 1 aliphatic rings. The molecule has 2 aromatic rings. The van der Waals surface area contributed by atoms with Crippen LogP contribution in [-0.2, 0) is 0 Å². The van der Waals surface area contributed by atoms with Crippen molar-refractivity contribution in [2.45, 2.75) is 24.8 Å². The Labute approximate surface area is 109 Å². The highest BCUT2D eigenvalue weighted by atomic mass is 14.9. The Balaban J connectivity index is 1.98. The molecule has 1 N–H and O–H groups in total. The molecule has 1 unspecified atom stereocenters. The maximum absolute atomic E-state index is 3.65. The Bertz CT molecular complexity index is 432. The lowest BCUT2D eigenvalue weighted by Crippen LogP contribution is -2.29. The Morgan fingerprint density at radius 1 is 0.833 bits per heavy atom. The smallest absolute Gasteiger partial charge is 0.0243 e. The Kier molecular flexibility index (Phi) is 3.42. The summed E-state index contributed by atoms with van der Waals surface area (Å²) in [5.41, 5.74) is 2.84. The molecule has 0 aliphatic carbocycles. The molecule has 0 aromatic heterocycles. The van der Waals surface area contributed by atoms with Crippen LogP contribution in [0.25, 0.3) is 0 Å². The highest BCUT2D eigenvalue weighted by Gasteiger charge is 2.26. The third-order valence-electron chi connectivity index (χ3n) is 3.82. The lowest BCUT2D eigenvalue weighted by atomic mass is 9.84. The van der Waals surface area contributed by atoms with Gasteiger partial charge in [0.1, 0.15) is 0 Å². The van der Waals surface area contributed by atoms with E-state index < -0.39 is 0 Å². The number of hydrogen-bond acceptors (Lipinski definition) is 1. The topological polar surface area (TPSA) is 12.0 Å². The van der Waals surface area contributed by atoms with Crippen molar-refractivity contribution in [2.75, 3.05) is 6.54 Å². The van der Waals surface area contributed by atoms with Gasteiger partial charge >= 0.3 is 0 Å². The van der Waals surface area contributed by atoms with Crippen LogP contribution < -0.4 is 5.32 Å². The standard InChI is InChI=1S/C17H19N/c1-3-8-14(9-4-1)17(16-12-7-13-18-16)15-10-5-2-6-11-15/h1-6,8-11,16-18H,7,12-13H2. The Hall–Kier alpha value is -1.60. The predicted molar refractivity (Wildman–Crippen MR) is 75.8 cm³/mol. The van der Waals surface area contributed by atoms with E-state index in [1.54, 1.807) is 0 Å². The second kappa shape index (κ2) is 5.36. The minimum Gasteiger partial charge on any atom is -0.313 e. The molecule has 1 heteroatoms. The molecule has 0 saturated carbocycles. The third kappa shape index (κ3) is 2.32. The van der Waals surface area contributed by atoms with Crippen molar-refractivity contribution in [1.29, 1.82) is 0 Å².